The van der Waals surface area contributed by atoms with E-state index in [4.69, 9.17) is 4.74 Å². The summed E-state index contributed by atoms with van der Waals surface area (Å²) in [7, 11) is 1.70. The third-order valence-corrected chi connectivity index (χ3v) is 7.88. The molecule has 1 N–H and O–H groups in total. The third kappa shape index (κ3) is 3.81. The van der Waals surface area contributed by atoms with Gasteiger partial charge in [-0.15, -0.1) is 13.2 Å². The Bertz CT molecular complexity index is 816. The number of fused-ring (bicyclic) bond motifs is 1. The zero-order valence-corrected chi connectivity index (χ0v) is 20.5. The summed E-state index contributed by atoms with van der Waals surface area (Å²) < 4.78 is 6.67. The van der Waals surface area contributed by atoms with Crippen LogP contribution in [0, 0.1) is 17.8 Å². The number of aliphatic hydroxyl groups excluding tert-OH is 1. The molecule has 3 heterocycles. The van der Waals surface area contributed by atoms with Crippen molar-refractivity contribution in [3.05, 3.63) is 25.3 Å². The number of hydrogen-bond acceptors (Lipinski definition) is 5. The molecule has 3 aliphatic heterocycles. The minimum Gasteiger partial charge on any atom is -0.395 e. The maximum atomic E-state index is 13.9. The lowest BCUT2D eigenvalue weighted by Crippen LogP contribution is -2.57. The van der Waals surface area contributed by atoms with Crippen LogP contribution in [0.4, 0.5) is 0 Å². The van der Waals surface area contributed by atoms with Crippen molar-refractivity contribution in [1.29, 1.82) is 0 Å². The highest BCUT2D eigenvalue weighted by Gasteiger charge is 2.80. The quantitative estimate of drug-likeness (QED) is 0.471. The van der Waals surface area contributed by atoms with E-state index in [2.05, 4.69) is 20.1 Å². The van der Waals surface area contributed by atoms with Crippen LogP contribution < -0.4 is 0 Å². The molecule has 6 atom stereocenters. The van der Waals surface area contributed by atoms with Crippen LogP contribution in [0.1, 0.15) is 40.0 Å². The Morgan fingerprint density at radius 3 is 2.52 bits per heavy atom. The number of likely N-dealkylation sites (N-methyl/N-ethyl adjacent to an activating group) is 1. The molecule has 0 radical (unpaired) electrons. The van der Waals surface area contributed by atoms with E-state index < -0.39 is 29.1 Å². The van der Waals surface area contributed by atoms with Crippen molar-refractivity contribution >= 4 is 17.7 Å². The van der Waals surface area contributed by atoms with Crippen LogP contribution in [0.15, 0.2) is 25.3 Å². The van der Waals surface area contributed by atoms with Gasteiger partial charge in [-0.2, -0.15) is 0 Å². The largest absolute Gasteiger partial charge is 0.395 e. The zero-order valence-electron chi connectivity index (χ0n) is 20.5. The highest BCUT2D eigenvalue weighted by atomic mass is 16.5. The molecule has 3 saturated heterocycles. The molecule has 0 aliphatic carbocycles. The monoisotopic (exact) mass is 461 g/mol. The van der Waals surface area contributed by atoms with Gasteiger partial charge in [-0.05, 0) is 25.7 Å². The molecular formula is C25H39N3O5. The van der Waals surface area contributed by atoms with Gasteiger partial charge in [0.2, 0.25) is 17.7 Å². The van der Waals surface area contributed by atoms with E-state index in [9.17, 15) is 19.5 Å². The molecule has 3 unspecified atom stereocenters. The average Bonchev–Trinajstić information content (AvgIpc) is 3.28. The second-order valence-corrected chi connectivity index (χ2v) is 9.89. The SMILES string of the molecule is C=CCN(C)C(=O)[C@H]1[C@H]2C(=O)N(CCO)C(C(=O)N(CC=C)CCCC)C23CC(C)[C@]1(C)O3. The Hall–Kier alpha value is -2.19. The first-order chi connectivity index (χ1) is 15.6. The standard InChI is InChI=1S/C25H39N3O5/c1-7-10-13-27(12-9-3)23(32)20-25-16-17(4)24(5,33-25)18(21(30)26(6)11-8-2)19(25)22(31)28(20)14-15-29/h8-9,17-20,29H,2-3,7,10-16H2,1,4-6H3/t17?,18-,19+,20?,24+,25?/m1/s1. The van der Waals surface area contributed by atoms with E-state index in [0.717, 1.165) is 12.8 Å². The van der Waals surface area contributed by atoms with Crippen molar-refractivity contribution in [2.24, 2.45) is 17.8 Å². The van der Waals surface area contributed by atoms with Gasteiger partial charge in [-0.3, -0.25) is 14.4 Å². The molecule has 0 aromatic heterocycles. The molecular weight excluding hydrogens is 422 g/mol. The van der Waals surface area contributed by atoms with Crippen molar-refractivity contribution in [1.82, 2.24) is 14.7 Å². The summed E-state index contributed by atoms with van der Waals surface area (Å²) >= 11 is 0. The lowest BCUT2D eigenvalue weighted by atomic mass is 9.62. The molecule has 3 fully saturated rings. The highest BCUT2D eigenvalue weighted by molar-refractivity contribution is 5.99. The van der Waals surface area contributed by atoms with Crippen LogP contribution >= 0.6 is 0 Å². The Morgan fingerprint density at radius 1 is 1.27 bits per heavy atom. The smallest absolute Gasteiger partial charge is 0.248 e. The van der Waals surface area contributed by atoms with Gasteiger partial charge < -0.3 is 24.5 Å². The predicted molar refractivity (Wildman–Crippen MR) is 125 cm³/mol. The zero-order chi connectivity index (χ0) is 24.6. The summed E-state index contributed by atoms with van der Waals surface area (Å²) in [6.45, 7) is 14.5. The van der Waals surface area contributed by atoms with Gasteiger partial charge in [-0.25, -0.2) is 0 Å². The van der Waals surface area contributed by atoms with Crippen molar-refractivity contribution in [3.63, 3.8) is 0 Å². The first-order valence-electron chi connectivity index (χ1n) is 12.0. The van der Waals surface area contributed by atoms with Crippen LogP contribution in [0.3, 0.4) is 0 Å². The molecule has 8 nitrogen and oxygen atoms in total. The number of nitrogens with zero attached hydrogens (tertiary/aromatic N) is 3. The van der Waals surface area contributed by atoms with Gasteiger partial charge in [0, 0.05) is 33.2 Å². The molecule has 2 bridgehead atoms. The Labute approximate surface area is 197 Å². The molecule has 3 rings (SSSR count). The molecule has 1 spiro atoms. The maximum absolute atomic E-state index is 13.9. The first-order valence-corrected chi connectivity index (χ1v) is 12.0. The minimum atomic E-state index is -1.08. The molecule has 3 aliphatic rings. The van der Waals surface area contributed by atoms with Crippen molar-refractivity contribution < 1.29 is 24.2 Å². The van der Waals surface area contributed by atoms with Gasteiger partial charge in [0.15, 0.2) is 0 Å². The number of aliphatic hydroxyl groups is 1. The molecule has 3 amide bonds. The number of likely N-dealkylation sites (tertiary alicyclic amines) is 1. The van der Waals surface area contributed by atoms with Crippen LogP contribution in [-0.4, -0.2) is 94.6 Å². The lowest BCUT2D eigenvalue weighted by molar-refractivity contribution is -0.154. The van der Waals surface area contributed by atoms with Crippen molar-refractivity contribution in [2.45, 2.75) is 57.3 Å². The normalized spacial score (nSPS) is 34.3. The van der Waals surface area contributed by atoms with E-state index >= 15 is 0 Å². The fourth-order valence-corrected chi connectivity index (χ4v) is 6.23. The summed E-state index contributed by atoms with van der Waals surface area (Å²) in [4.78, 5) is 46.0. The topological polar surface area (TPSA) is 90.4 Å². The Kier molecular flexibility index (Phi) is 7.39. The second-order valence-electron chi connectivity index (χ2n) is 9.89. The summed E-state index contributed by atoms with van der Waals surface area (Å²) in [5, 5.41) is 9.73. The molecule has 184 valence electrons. The summed E-state index contributed by atoms with van der Waals surface area (Å²) in [5.41, 5.74) is -1.93. The number of ether oxygens (including phenoxy) is 1. The van der Waals surface area contributed by atoms with Gasteiger partial charge >= 0.3 is 0 Å². The number of β-amino-alcohol motifs (C(OH)–C–C–N with tert-alkyl or cyclic N) is 1. The van der Waals surface area contributed by atoms with Gasteiger partial charge in [0.05, 0.1) is 24.0 Å². The highest BCUT2D eigenvalue weighted by Crippen LogP contribution is 2.65. The van der Waals surface area contributed by atoms with Gasteiger partial charge in [-0.1, -0.05) is 32.4 Å². The number of carbonyl (C=O) groups excluding carboxylic acids is 3. The van der Waals surface area contributed by atoms with Gasteiger partial charge in [0.1, 0.15) is 11.6 Å². The van der Waals surface area contributed by atoms with Crippen LogP contribution in [0.25, 0.3) is 0 Å². The fourth-order valence-electron chi connectivity index (χ4n) is 6.23. The molecule has 0 aromatic carbocycles. The van der Waals surface area contributed by atoms with Crippen molar-refractivity contribution in [2.75, 3.05) is 39.8 Å². The summed E-state index contributed by atoms with van der Waals surface area (Å²) in [5.74, 6) is -2.11. The molecule has 0 aromatic rings. The fraction of sp³-hybridized carbons (Fsp3) is 0.720. The van der Waals surface area contributed by atoms with E-state index in [1.807, 2.05) is 13.8 Å². The second kappa shape index (κ2) is 9.58. The third-order valence-electron chi connectivity index (χ3n) is 7.88. The number of hydrogen-bond donors (Lipinski definition) is 1. The minimum absolute atomic E-state index is 0.0134. The number of rotatable bonds is 11. The van der Waals surface area contributed by atoms with Gasteiger partial charge in [0.25, 0.3) is 0 Å². The predicted octanol–water partition coefficient (Wildman–Crippen LogP) is 1.45. The van der Waals surface area contributed by atoms with E-state index in [1.54, 1.807) is 29.0 Å². The van der Waals surface area contributed by atoms with Crippen LogP contribution in [0.2, 0.25) is 0 Å². The summed E-state index contributed by atoms with van der Waals surface area (Å²) in [6, 6.07) is -0.870. The molecule has 8 heteroatoms. The Balaban J connectivity index is 2.08. The van der Waals surface area contributed by atoms with E-state index in [1.165, 1.54) is 4.90 Å². The van der Waals surface area contributed by atoms with Crippen molar-refractivity contribution in [3.8, 4) is 0 Å². The number of amides is 3. The van der Waals surface area contributed by atoms with E-state index in [-0.39, 0.29) is 36.8 Å². The first kappa shape index (κ1) is 25.4. The van der Waals surface area contributed by atoms with E-state index in [0.29, 0.717) is 26.1 Å². The summed E-state index contributed by atoms with van der Waals surface area (Å²) in [6.07, 6.45) is 5.61. The number of carbonyl (C=O) groups is 3. The lowest BCUT2D eigenvalue weighted by Gasteiger charge is -2.38. The molecule has 0 saturated carbocycles. The molecule has 33 heavy (non-hydrogen) atoms. The maximum Gasteiger partial charge on any atom is 0.248 e. The van der Waals surface area contributed by atoms with Crippen LogP contribution in [0.5, 0.6) is 0 Å². The van der Waals surface area contributed by atoms with Crippen LogP contribution in [-0.2, 0) is 19.1 Å². The average molecular weight is 462 g/mol. The number of unbranched alkanes of at least 4 members (excludes halogenated alkanes) is 1. The Morgan fingerprint density at radius 2 is 1.94 bits per heavy atom.